The molecule has 2 aromatic heterocycles. The van der Waals surface area contributed by atoms with Gasteiger partial charge in [0, 0.05) is 34.9 Å². The van der Waals surface area contributed by atoms with Crippen molar-refractivity contribution >= 4 is 27.7 Å². The maximum Gasteiger partial charge on any atom is 0.416 e. The van der Waals surface area contributed by atoms with E-state index in [4.69, 9.17) is 9.72 Å². The summed E-state index contributed by atoms with van der Waals surface area (Å²) in [5.74, 6) is 0.508. The van der Waals surface area contributed by atoms with Gasteiger partial charge in [0.25, 0.3) is 0 Å². The van der Waals surface area contributed by atoms with E-state index in [0.717, 1.165) is 52.7 Å². The number of alkyl halides is 3. The van der Waals surface area contributed by atoms with Crippen LogP contribution < -0.4 is 0 Å². The molecule has 0 unspecified atom stereocenters. The Kier molecular flexibility index (Phi) is 7.62. The number of pyridine rings is 1. The molecule has 7 rings (SSSR count). The third-order valence-electron chi connectivity index (χ3n) is 9.15. The van der Waals surface area contributed by atoms with Gasteiger partial charge in [-0.3, -0.25) is 4.79 Å². The Morgan fingerprint density at radius 2 is 1.59 bits per heavy atom. The number of hydrogen-bond donors (Lipinski definition) is 0. The first-order valence-electron chi connectivity index (χ1n) is 15.4. The summed E-state index contributed by atoms with van der Waals surface area (Å²) >= 11 is 0. The summed E-state index contributed by atoms with van der Waals surface area (Å²) < 4.78 is 46.9. The van der Waals surface area contributed by atoms with Crippen LogP contribution >= 0.6 is 0 Å². The Labute approximate surface area is 254 Å². The van der Waals surface area contributed by atoms with E-state index in [1.165, 1.54) is 42.3 Å². The summed E-state index contributed by atoms with van der Waals surface area (Å²) in [6.07, 6.45) is 1.53. The molecule has 5 nitrogen and oxygen atoms in total. The zero-order valence-electron chi connectivity index (χ0n) is 24.4. The second-order valence-electron chi connectivity index (χ2n) is 11.9. The highest BCUT2D eigenvalue weighted by Crippen LogP contribution is 2.44. The summed E-state index contributed by atoms with van der Waals surface area (Å²) in [6.45, 7) is 2.58. The molecule has 2 fully saturated rings. The van der Waals surface area contributed by atoms with Crippen molar-refractivity contribution in [3.63, 3.8) is 0 Å². The highest BCUT2D eigenvalue weighted by molar-refractivity contribution is 5.96. The first kappa shape index (κ1) is 28.6. The van der Waals surface area contributed by atoms with Gasteiger partial charge in [-0.15, -0.1) is 0 Å². The maximum absolute atomic E-state index is 13.6. The summed E-state index contributed by atoms with van der Waals surface area (Å²) in [6, 6.07) is 23.6. The number of halogens is 3. The first-order valence-corrected chi connectivity index (χ1v) is 15.4. The van der Waals surface area contributed by atoms with Gasteiger partial charge in [-0.05, 0) is 66.3 Å². The number of morpholine rings is 1. The predicted molar refractivity (Wildman–Crippen MR) is 166 cm³/mol. The number of benzene rings is 3. The number of amides is 1. The Balaban J connectivity index is 1.32. The summed E-state index contributed by atoms with van der Waals surface area (Å²) in [4.78, 5) is 20.3. The zero-order valence-corrected chi connectivity index (χ0v) is 24.4. The van der Waals surface area contributed by atoms with E-state index < -0.39 is 11.7 Å². The van der Waals surface area contributed by atoms with E-state index in [9.17, 15) is 18.0 Å². The molecule has 0 bridgehead atoms. The van der Waals surface area contributed by atoms with Gasteiger partial charge >= 0.3 is 6.18 Å². The highest BCUT2D eigenvalue weighted by atomic mass is 19.4. The van der Waals surface area contributed by atoms with Crippen LogP contribution in [0.3, 0.4) is 0 Å². The summed E-state index contributed by atoms with van der Waals surface area (Å²) in [5, 5.41) is 2.14. The standard InChI is InChI=1S/C36H34F3N3O2/c37-36(38,39)28-14-10-24(11-15-28)30-16-12-26-22-27(13-17-31(26)40-30)35-34(25-6-2-1-3-7-25)29-8-4-5-9-32(29)42(35)23-33(43)41-18-20-44-21-19-41/h4-5,8-17,22,25H,1-3,6-7,18-21,23H2. The SMILES string of the molecule is O=C(Cn1c(-c2ccc3nc(-c4ccc(C(F)(F)F)cc4)ccc3c2)c(C2CCCCC2)c2ccccc21)N1CCOCC1. The van der Waals surface area contributed by atoms with E-state index in [2.05, 4.69) is 34.9 Å². The van der Waals surface area contributed by atoms with E-state index in [1.807, 2.05) is 29.2 Å². The molecule has 0 atom stereocenters. The summed E-state index contributed by atoms with van der Waals surface area (Å²) in [5.41, 5.74) is 5.85. The average molecular weight is 598 g/mol. The lowest BCUT2D eigenvalue weighted by molar-refractivity contribution is -0.137. The molecule has 0 N–H and O–H groups in total. The molecule has 0 radical (unpaired) electrons. The predicted octanol–water partition coefficient (Wildman–Crippen LogP) is 8.45. The van der Waals surface area contributed by atoms with E-state index >= 15 is 0 Å². The van der Waals surface area contributed by atoms with Crippen molar-refractivity contribution in [1.82, 2.24) is 14.5 Å². The first-order chi connectivity index (χ1) is 21.4. The lowest BCUT2D eigenvalue weighted by Crippen LogP contribution is -2.42. The number of fused-ring (bicyclic) bond motifs is 2. The van der Waals surface area contributed by atoms with Gasteiger partial charge in [-0.2, -0.15) is 13.2 Å². The third kappa shape index (κ3) is 5.47. The molecule has 3 aromatic carbocycles. The maximum atomic E-state index is 13.6. The number of carbonyl (C=O) groups is 1. The zero-order chi connectivity index (χ0) is 30.3. The van der Waals surface area contributed by atoms with E-state index in [-0.39, 0.29) is 12.5 Å². The van der Waals surface area contributed by atoms with Crippen molar-refractivity contribution in [2.24, 2.45) is 0 Å². The largest absolute Gasteiger partial charge is 0.416 e. The van der Waals surface area contributed by atoms with Crippen LogP contribution in [0.15, 0.2) is 78.9 Å². The van der Waals surface area contributed by atoms with Crippen molar-refractivity contribution in [3.05, 3.63) is 90.0 Å². The van der Waals surface area contributed by atoms with Gasteiger partial charge in [-0.25, -0.2) is 4.98 Å². The molecule has 1 aliphatic heterocycles. The Morgan fingerprint density at radius 3 is 2.34 bits per heavy atom. The Hall–Kier alpha value is -4.17. The normalized spacial score (nSPS) is 16.6. The fraction of sp³-hybridized carbons (Fsp3) is 0.333. The van der Waals surface area contributed by atoms with Crippen molar-refractivity contribution in [1.29, 1.82) is 0 Å². The third-order valence-corrected chi connectivity index (χ3v) is 9.15. The van der Waals surface area contributed by atoms with E-state index in [0.29, 0.717) is 43.5 Å². The second kappa shape index (κ2) is 11.7. The van der Waals surface area contributed by atoms with Crippen molar-refractivity contribution in [3.8, 4) is 22.5 Å². The molecule has 1 saturated heterocycles. The molecular weight excluding hydrogens is 563 g/mol. The number of ether oxygens (including phenoxy) is 1. The minimum Gasteiger partial charge on any atom is -0.378 e. The topological polar surface area (TPSA) is 47.4 Å². The van der Waals surface area contributed by atoms with Crippen LogP contribution in [0.2, 0.25) is 0 Å². The van der Waals surface area contributed by atoms with Gasteiger partial charge in [-0.1, -0.05) is 61.7 Å². The number of hydrogen-bond acceptors (Lipinski definition) is 3. The van der Waals surface area contributed by atoms with Crippen LogP contribution in [0.4, 0.5) is 13.2 Å². The quantitative estimate of drug-likeness (QED) is 0.204. The number of aromatic nitrogens is 2. The minimum absolute atomic E-state index is 0.0918. The molecule has 226 valence electrons. The van der Waals surface area contributed by atoms with Crippen LogP contribution in [0.1, 0.15) is 49.1 Å². The van der Waals surface area contributed by atoms with E-state index in [1.54, 1.807) is 0 Å². The smallest absolute Gasteiger partial charge is 0.378 e. The molecular formula is C36H34F3N3O2. The van der Waals surface area contributed by atoms with Crippen LogP contribution in [0.25, 0.3) is 44.3 Å². The molecule has 8 heteroatoms. The van der Waals surface area contributed by atoms with Crippen LogP contribution in [0, 0.1) is 0 Å². The van der Waals surface area contributed by atoms with Gasteiger partial charge in [0.05, 0.1) is 35.7 Å². The molecule has 3 heterocycles. The van der Waals surface area contributed by atoms with Crippen molar-refractivity contribution in [2.75, 3.05) is 26.3 Å². The molecule has 44 heavy (non-hydrogen) atoms. The fourth-order valence-corrected chi connectivity index (χ4v) is 6.92. The molecule has 5 aromatic rings. The van der Waals surface area contributed by atoms with Crippen LogP contribution in [-0.4, -0.2) is 46.7 Å². The van der Waals surface area contributed by atoms with Crippen LogP contribution in [0.5, 0.6) is 0 Å². The lowest BCUT2D eigenvalue weighted by atomic mass is 9.82. The minimum atomic E-state index is -4.38. The number of para-hydroxylation sites is 1. The Morgan fingerprint density at radius 1 is 0.864 bits per heavy atom. The number of rotatable bonds is 5. The fourth-order valence-electron chi connectivity index (χ4n) is 6.92. The molecule has 2 aliphatic rings. The van der Waals surface area contributed by atoms with Crippen molar-refractivity contribution < 1.29 is 22.7 Å². The molecule has 0 spiro atoms. The van der Waals surface area contributed by atoms with Gasteiger partial charge in [0.1, 0.15) is 6.54 Å². The monoisotopic (exact) mass is 597 g/mol. The van der Waals surface area contributed by atoms with Gasteiger partial charge < -0.3 is 14.2 Å². The molecule has 1 saturated carbocycles. The second-order valence-corrected chi connectivity index (χ2v) is 11.9. The van der Waals surface area contributed by atoms with Gasteiger partial charge in [0.2, 0.25) is 5.91 Å². The van der Waals surface area contributed by atoms with Gasteiger partial charge in [0.15, 0.2) is 0 Å². The number of nitrogens with zero attached hydrogens (tertiary/aromatic N) is 3. The Bertz CT molecular complexity index is 1820. The highest BCUT2D eigenvalue weighted by Gasteiger charge is 2.30. The van der Waals surface area contributed by atoms with Crippen molar-refractivity contribution in [2.45, 2.75) is 50.7 Å². The number of carbonyl (C=O) groups excluding carboxylic acids is 1. The van der Waals surface area contributed by atoms with Crippen LogP contribution in [-0.2, 0) is 22.3 Å². The summed E-state index contributed by atoms with van der Waals surface area (Å²) in [7, 11) is 0. The lowest BCUT2D eigenvalue weighted by Gasteiger charge is -2.28. The molecule has 1 amide bonds. The average Bonchev–Trinajstić information content (AvgIpc) is 3.38. The molecule has 1 aliphatic carbocycles.